The molecule has 0 atom stereocenters. The number of benzene rings is 3. The largest absolute Gasteiger partial charge is 0.497 e. The van der Waals surface area contributed by atoms with Crippen molar-refractivity contribution in [1.82, 2.24) is 4.98 Å². The highest BCUT2D eigenvalue weighted by Gasteiger charge is 2.20. The Morgan fingerprint density at radius 3 is 1.97 bits per heavy atom. The lowest BCUT2D eigenvalue weighted by molar-refractivity contribution is 0.108. The van der Waals surface area contributed by atoms with E-state index in [0.29, 0.717) is 33.3 Å². The number of thioether (sulfide) groups is 1. The van der Waals surface area contributed by atoms with E-state index in [1.54, 1.807) is 18.2 Å². The van der Waals surface area contributed by atoms with Crippen LogP contribution in [-0.4, -0.2) is 24.3 Å². The van der Waals surface area contributed by atoms with Crippen LogP contribution < -0.4 is 9.47 Å². The second-order valence-corrected chi connectivity index (χ2v) is 8.03. The number of rotatable bonds is 6. The highest BCUT2D eigenvalue weighted by atomic mass is 32.2. The Kier molecular flexibility index (Phi) is 6.72. The molecule has 0 aliphatic heterocycles. The number of ether oxygens (including phenoxy) is 2. The van der Waals surface area contributed by atoms with E-state index in [1.165, 1.54) is 14.2 Å². The molecule has 0 aliphatic carbocycles. The van der Waals surface area contributed by atoms with Crippen LogP contribution in [0.3, 0.4) is 0 Å². The van der Waals surface area contributed by atoms with Crippen molar-refractivity contribution in [2.24, 2.45) is 0 Å². The molecule has 5 nitrogen and oxygen atoms in total. The molecule has 4 rings (SSSR count). The second kappa shape index (κ2) is 10.0. The number of hydrogen-bond acceptors (Lipinski definition) is 6. The van der Waals surface area contributed by atoms with E-state index >= 15 is 0 Å². The zero-order valence-corrected chi connectivity index (χ0v) is 18.9. The van der Waals surface area contributed by atoms with Crippen molar-refractivity contribution in [3.63, 3.8) is 0 Å². The summed E-state index contributed by atoms with van der Waals surface area (Å²) in [6.07, 6.45) is 0. The molecule has 33 heavy (non-hydrogen) atoms. The first-order chi connectivity index (χ1) is 16.1. The summed E-state index contributed by atoms with van der Waals surface area (Å²) in [5.41, 5.74) is 3.95. The molecule has 1 aromatic heterocycles. The van der Waals surface area contributed by atoms with Crippen molar-refractivity contribution in [3.05, 3.63) is 96.1 Å². The molecule has 3 aromatic carbocycles. The number of nitrogens with zero attached hydrogens (tertiary/aromatic N) is 2. The SMILES string of the molecule is COc1cc(OC)cc(C(=O)Sc2nc(-c3ccccc3)cc(-c3ccccc3)c2C#N)c1. The van der Waals surface area contributed by atoms with Gasteiger partial charge in [0.2, 0.25) is 5.12 Å². The fourth-order valence-corrected chi connectivity index (χ4v) is 4.19. The van der Waals surface area contributed by atoms with Crippen LogP contribution in [0.5, 0.6) is 11.5 Å². The second-order valence-electron chi connectivity index (χ2n) is 7.07. The van der Waals surface area contributed by atoms with Gasteiger partial charge in [0.1, 0.15) is 22.6 Å². The smallest absolute Gasteiger partial charge is 0.225 e. The fourth-order valence-electron chi connectivity index (χ4n) is 3.38. The Hall–Kier alpha value is -4.08. The lowest BCUT2D eigenvalue weighted by atomic mass is 9.99. The van der Waals surface area contributed by atoms with Crippen molar-refractivity contribution in [2.45, 2.75) is 5.03 Å². The topological polar surface area (TPSA) is 72.2 Å². The maximum Gasteiger partial charge on any atom is 0.225 e. The molecule has 0 saturated heterocycles. The van der Waals surface area contributed by atoms with Gasteiger partial charge in [0.25, 0.3) is 0 Å². The van der Waals surface area contributed by atoms with E-state index < -0.39 is 0 Å². The molecule has 1 heterocycles. The number of aromatic nitrogens is 1. The van der Waals surface area contributed by atoms with Crippen LogP contribution in [0, 0.1) is 11.3 Å². The van der Waals surface area contributed by atoms with Gasteiger partial charge >= 0.3 is 0 Å². The molecule has 0 amide bonds. The molecule has 4 aromatic rings. The van der Waals surface area contributed by atoms with Crippen molar-refractivity contribution in [1.29, 1.82) is 5.26 Å². The van der Waals surface area contributed by atoms with E-state index in [-0.39, 0.29) is 5.12 Å². The summed E-state index contributed by atoms with van der Waals surface area (Å²) in [4.78, 5) is 17.9. The normalized spacial score (nSPS) is 10.3. The first-order valence-corrected chi connectivity index (χ1v) is 11.0. The Bertz CT molecular complexity index is 1310. The van der Waals surface area contributed by atoms with E-state index in [0.717, 1.165) is 28.5 Å². The van der Waals surface area contributed by atoms with Crippen LogP contribution >= 0.6 is 11.8 Å². The standard InChI is InChI=1S/C27H20N2O3S/c1-31-21-13-20(14-22(15-21)32-2)27(30)33-26-24(17-28)23(18-9-5-3-6-10-18)16-25(29-26)19-11-7-4-8-12-19/h3-16H,1-2H3. The first kappa shape index (κ1) is 22.1. The quantitative estimate of drug-likeness (QED) is 0.323. The van der Waals surface area contributed by atoms with Gasteiger partial charge in [-0.25, -0.2) is 4.98 Å². The predicted molar refractivity (Wildman–Crippen MR) is 130 cm³/mol. The third-order valence-electron chi connectivity index (χ3n) is 5.03. The third kappa shape index (κ3) is 4.89. The maximum absolute atomic E-state index is 13.2. The molecule has 0 saturated carbocycles. The fraction of sp³-hybridized carbons (Fsp3) is 0.0741. The summed E-state index contributed by atoms with van der Waals surface area (Å²) in [5, 5.41) is 10.1. The molecule has 0 fully saturated rings. The highest BCUT2D eigenvalue weighted by molar-refractivity contribution is 8.14. The molecular formula is C27H20N2O3S. The van der Waals surface area contributed by atoms with Gasteiger partial charge in [0.15, 0.2) is 0 Å². The van der Waals surface area contributed by atoms with Gasteiger partial charge in [-0.1, -0.05) is 60.7 Å². The molecule has 6 heteroatoms. The van der Waals surface area contributed by atoms with Gasteiger partial charge in [-0.15, -0.1) is 0 Å². The van der Waals surface area contributed by atoms with Gasteiger partial charge in [0, 0.05) is 22.8 Å². The van der Waals surface area contributed by atoms with Gasteiger partial charge in [0.05, 0.1) is 25.5 Å². The first-order valence-electron chi connectivity index (χ1n) is 10.1. The van der Waals surface area contributed by atoms with Gasteiger partial charge in [-0.05, 0) is 35.5 Å². The highest BCUT2D eigenvalue weighted by Crippen LogP contribution is 2.36. The van der Waals surface area contributed by atoms with Crippen LogP contribution in [0.1, 0.15) is 15.9 Å². The van der Waals surface area contributed by atoms with E-state index in [4.69, 9.17) is 14.5 Å². The zero-order chi connectivity index (χ0) is 23.2. The molecule has 0 aliphatic rings. The Morgan fingerprint density at radius 1 is 0.848 bits per heavy atom. The maximum atomic E-state index is 13.2. The Labute approximate surface area is 196 Å². The van der Waals surface area contributed by atoms with Crippen LogP contribution in [0.4, 0.5) is 0 Å². The monoisotopic (exact) mass is 452 g/mol. The van der Waals surface area contributed by atoms with E-state index in [2.05, 4.69) is 6.07 Å². The molecule has 0 N–H and O–H groups in total. The van der Waals surface area contributed by atoms with E-state index in [9.17, 15) is 10.1 Å². The molecule has 162 valence electrons. The molecule has 0 spiro atoms. The lowest BCUT2D eigenvalue weighted by Crippen LogP contribution is -2.01. The minimum absolute atomic E-state index is 0.263. The van der Waals surface area contributed by atoms with Crippen molar-refractivity contribution >= 4 is 16.9 Å². The Morgan fingerprint density at radius 2 is 1.42 bits per heavy atom. The minimum atomic E-state index is -0.263. The number of carbonyl (C=O) groups excluding carboxylic acids is 1. The van der Waals surface area contributed by atoms with Crippen LogP contribution in [0.15, 0.2) is 90.0 Å². The third-order valence-corrected chi connectivity index (χ3v) is 5.94. The van der Waals surface area contributed by atoms with Gasteiger partial charge in [-0.3, -0.25) is 4.79 Å². The minimum Gasteiger partial charge on any atom is -0.497 e. The van der Waals surface area contributed by atoms with Crippen LogP contribution in [0.25, 0.3) is 22.4 Å². The van der Waals surface area contributed by atoms with E-state index in [1.807, 2.05) is 66.7 Å². The summed E-state index contributed by atoms with van der Waals surface area (Å²) < 4.78 is 10.6. The van der Waals surface area contributed by atoms with Crippen LogP contribution in [0.2, 0.25) is 0 Å². The van der Waals surface area contributed by atoms with Crippen molar-refractivity contribution in [3.8, 4) is 40.0 Å². The van der Waals surface area contributed by atoms with Crippen LogP contribution in [-0.2, 0) is 0 Å². The number of hydrogen-bond donors (Lipinski definition) is 0. The predicted octanol–water partition coefficient (Wildman–Crippen LogP) is 6.24. The average molecular weight is 453 g/mol. The summed E-state index contributed by atoms with van der Waals surface area (Å²) in [5.74, 6) is 1.02. The lowest BCUT2D eigenvalue weighted by Gasteiger charge is -2.13. The molecular weight excluding hydrogens is 432 g/mol. The Balaban J connectivity index is 1.84. The van der Waals surface area contributed by atoms with Crippen molar-refractivity contribution in [2.75, 3.05) is 14.2 Å². The van der Waals surface area contributed by atoms with Gasteiger partial charge < -0.3 is 9.47 Å². The summed E-state index contributed by atoms with van der Waals surface area (Å²) in [6, 6.07) is 28.5. The summed E-state index contributed by atoms with van der Waals surface area (Å²) in [6.45, 7) is 0. The molecule has 0 bridgehead atoms. The molecule has 0 radical (unpaired) electrons. The number of carbonyl (C=O) groups is 1. The zero-order valence-electron chi connectivity index (χ0n) is 18.1. The number of methoxy groups -OCH3 is 2. The summed E-state index contributed by atoms with van der Waals surface area (Å²) in [7, 11) is 3.06. The number of nitriles is 1. The van der Waals surface area contributed by atoms with Gasteiger partial charge in [-0.2, -0.15) is 5.26 Å². The molecule has 0 unspecified atom stereocenters. The number of pyridine rings is 1. The summed E-state index contributed by atoms with van der Waals surface area (Å²) >= 11 is 0.920. The average Bonchev–Trinajstić information content (AvgIpc) is 2.88. The van der Waals surface area contributed by atoms with Crippen molar-refractivity contribution < 1.29 is 14.3 Å².